The van der Waals surface area contributed by atoms with Crippen molar-refractivity contribution < 1.29 is 9.90 Å². The molecule has 0 saturated heterocycles. The van der Waals surface area contributed by atoms with Crippen molar-refractivity contribution in [2.75, 3.05) is 0 Å². The molecule has 13 heavy (non-hydrogen) atoms. The molecule has 2 heteroatoms. The largest absolute Gasteiger partial charge is 0.478 e. The molecule has 1 aromatic carbocycles. The van der Waals surface area contributed by atoms with Crippen molar-refractivity contribution >= 4 is 12.0 Å². The van der Waals surface area contributed by atoms with Gasteiger partial charge in [0.15, 0.2) is 0 Å². The summed E-state index contributed by atoms with van der Waals surface area (Å²) in [6.07, 6.45) is 1.68. The van der Waals surface area contributed by atoms with Crippen LogP contribution >= 0.6 is 0 Å². The highest BCUT2D eigenvalue weighted by Crippen LogP contribution is 2.11. The Labute approximate surface area is 77.5 Å². The van der Waals surface area contributed by atoms with Crippen LogP contribution in [0.4, 0.5) is 0 Å². The van der Waals surface area contributed by atoms with E-state index in [4.69, 9.17) is 5.11 Å². The highest BCUT2D eigenvalue weighted by molar-refractivity contribution is 5.91. The third-order valence-corrected chi connectivity index (χ3v) is 1.90. The summed E-state index contributed by atoms with van der Waals surface area (Å²) in [7, 11) is 0. The molecule has 0 heterocycles. The Morgan fingerprint density at radius 1 is 1.38 bits per heavy atom. The van der Waals surface area contributed by atoms with Crippen LogP contribution < -0.4 is 0 Å². The van der Waals surface area contributed by atoms with Crippen LogP contribution in [0.15, 0.2) is 29.8 Å². The summed E-state index contributed by atoms with van der Waals surface area (Å²) < 4.78 is 0. The second-order valence-electron chi connectivity index (χ2n) is 2.99. The highest BCUT2D eigenvalue weighted by atomic mass is 16.4. The normalized spacial score (nSPS) is 11.4. The molecular weight excluding hydrogens is 164 g/mol. The predicted molar refractivity (Wildman–Crippen MR) is 52.5 cm³/mol. The van der Waals surface area contributed by atoms with E-state index in [2.05, 4.69) is 0 Å². The molecule has 1 aromatic rings. The molecule has 0 aliphatic rings. The van der Waals surface area contributed by atoms with E-state index in [0.29, 0.717) is 5.57 Å². The van der Waals surface area contributed by atoms with Gasteiger partial charge in [0, 0.05) is 5.57 Å². The topological polar surface area (TPSA) is 37.3 Å². The summed E-state index contributed by atoms with van der Waals surface area (Å²) in [6, 6.07) is 7.69. The van der Waals surface area contributed by atoms with Crippen molar-refractivity contribution in [2.24, 2.45) is 0 Å². The first-order chi connectivity index (χ1) is 6.11. The Morgan fingerprint density at radius 3 is 2.54 bits per heavy atom. The van der Waals surface area contributed by atoms with Gasteiger partial charge in [0.2, 0.25) is 0 Å². The lowest BCUT2D eigenvalue weighted by Gasteiger charge is -1.99. The Morgan fingerprint density at radius 2 is 2.00 bits per heavy atom. The third-order valence-electron chi connectivity index (χ3n) is 1.90. The lowest BCUT2D eigenvalue weighted by molar-refractivity contribution is -0.132. The van der Waals surface area contributed by atoms with Gasteiger partial charge in [0.1, 0.15) is 0 Å². The molecular formula is C11H12O2. The molecule has 0 fully saturated rings. The van der Waals surface area contributed by atoms with Gasteiger partial charge in [-0.2, -0.15) is 0 Å². The van der Waals surface area contributed by atoms with Gasteiger partial charge in [-0.15, -0.1) is 0 Å². The van der Waals surface area contributed by atoms with Gasteiger partial charge in [-0.25, -0.2) is 4.79 Å². The maximum absolute atomic E-state index is 10.5. The van der Waals surface area contributed by atoms with E-state index in [1.165, 1.54) is 0 Å². The number of rotatable bonds is 2. The molecule has 0 saturated carbocycles. The number of benzene rings is 1. The van der Waals surface area contributed by atoms with Crippen LogP contribution in [0.3, 0.4) is 0 Å². The fraction of sp³-hybridized carbons (Fsp3) is 0.182. The lowest BCUT2D eigenvalue weighted by atomic mass is 10.1. The van der Waals surface area contributed by atoms with E-state index in [1.54, 1.807) is 13.0 Å². The summed E-state index contributed by atoms with van der Waals surface area (Å²) in [5, 5.41) is 8.67. The van der Waals surface area contributed by atoms with Gasteiger partial charge in [-0.05, 0) is 31.1 Å². The summed E-state index contributed by atoms with van der Waals surface area (Å²) >= 11 is 0. The minimum atomic E-state index is -0.872. The second kappa shape index (κ2) is 3.90. The summed E-state index contributed by atoms with van der Waals surface area (Å²) in [5.74, 6) is -0.872. The SMILES string of the molecule is C/C(=C\c1ccccc1C)C(=O)O. The van der Waals surface area contributed by atoms with Crippen molar-refractivity contribution in [3.05, 3.63) is 41.0 Å². The smallest absolute Gasteiger partial charge is 0.331 e. The zero-order chi connectivity index (χ0) is 9.84. The van der Waals surface area contributed by atoms with Gasteiger partial charge in [0.05, 0.1) is 0 Å². The summed E-state index contributed by atoms with van der Waals surface area (Å²) in [4.78, 5) is 10.5. The van der Waals surface area contributed by atoms with Crippen LogP contribution in [-0.2, 0) is 4.79 Å². The first kappa shape index (κ1) is 9.52. The van der Waals surface area contributed by atoms with Gasteiger partial charge >= 0.3 is 5.97 Å². The molecule has 0 amide bonds. The Balaban J connectivity index is 3.04. The summed E-state index contributed by atoms with van der Waals surface area (Å²) in [5.41, 5.74) is 2.40. The molecule has 0 aliphatic heterocycles. The average molecular weight is 176 g/mol. The summed E-state index contributed by atoms with van der Waals surface area (Å²) in [6.45, 7) is 3.55. The molecule has 0 spiro atoms. The molecule has 1 N–H and O–H groups in total. The van der Waals surface area contributed by atoms with Crippen LogP contribution in [0.1, 0.15) is 18.1 Å². The van der Waals surface area contributed by atoms with E-state index in [1.807, 2.05) is 31.2 Å². The van der Waals surface area contributed by atoms with Crippen LogP contribution in [-0.4, -0.2) is 11.1 Å². The zero-order valence-corrected chi connectivity index (χ0v) is 7.74. The second-order valence-corrected chi connectivity index (χ2v) is 2.99. The van der Waals surface area contributed by atoms with E-state index in [-0.39, 0.29) is 0 Å². The molecule has 0 unspecified atom stereocenters. The zero-order valence-electron chi connectivity index (χ0n) is 7.74. The molecule has 0 bridgehead atoms. The predicted octanol–water partition coefficient (Wildman–Crippen LogP) is 2.48. The maximum atomic E-state index is 10.5. The molecule has 0 radical (unpaired) electrons. The van der Waals surface area contributed by atoms with Gasteiger partial charge in [-0.1, -0.05) is 24.3 Å². The average Bonchev–Trinajstić information content (AvgIpc) is 2.08. The highest BCUT2D eigenvalue weighted by Gasteiger charge is 2.00. The molecule has 0 aliphatic carbocycles. The minimum absolute atomic E-state index is 0.356. The molecule has 68 valence electrons. The number of hydrogen-bond donors (Lipinski definition) is 1. The van der Waals surface area contributed by atoms with E-state index in [9.17, 15) is 4.79 Å². The van der Waals surface area contributed by atoms with E-state index >= 15 is 0 Å². The maximum Gasteiger partial charge on any atom is 0.331 e. The minimum Gasteiger partial charge on any atom is -0.478 e. The monoisotopic (exact) mass is 176 g/mol. The van der Waals surface area contributed by atoms with Crippen molar-refractivity contribution in [3.8, 4) is 0 Å². The standard InChI is InChI=1S/C11H12O2/c1-8-5-3-4-6-10(8)7-9(2)11(12)13/h3-7H,1-2H3,(H,12,13)/b9-7+. The number of aliphatic carboxylic acids is 1. The van der Waals surface area contributed by atoms with Crippen molar-refractivity contribution in [1.29, 1.82) is 0 Å². The molecule has 2 nitrogen and oxygen atoms in total. The van der Waals surface area contributed by atoms with Crippen LogP contribution in [0.5, 0.6) is 0 Å². The van der Waals surface area contributed by atoms with Gasteiger partial charge in [-0.3, -0.25) is 0 Å². The third kappa shape index (κ3) is 2.44. The van der Waals surface area contributed by atoms with E-state index < -0.39 is 5.97 Å². The van der Waals surface area contributed by atoms with Crippen molar-refractivity contribution in [2.45, 2.75) is 13.8 Å². The molecule has 0 aromatic heterocycles. The number of aryl methyl sites for hydroxylation is 1. The van der Waals surface area contributed by atoms with Crippen molar-refractivity contribution in [3.63, 3.8) is 0 Å². The number of carbonyl (C=O) groups is 1. The molecule has 0 atom stereocenters. The van der Waals surface area contributed by atoms with Gasteiger partial charge in [0.25, 0.3) is 0 Å². The lowest BCUT2D eigenvalue weighted by Crippen LogP contribution is -1.95. The quantitative estimate of drug-likeness (QED) is 0.703. The number of carboxylic acid groups (broad SMARTS) is 1. The van der Waals surface area contributed by atoms with Crippen LogP contribution in [0.25, 0.3) is 6.08 Å². The number of carboxylic acids is 1. The van der Waals surface area contributed by atoms with Gasteiger partial charge < -0.3 is 5.11 Å². The fourth-order valence-corrected chi connectivity index (χ4v) is 1.04. The number of hydrogen-bond acceptors (Lipinski definition) is 1. The van der Waals surface area contributed by atoms with Crippen molar-refractivity contribution in [1.82, 2.24) is 0 Å². The van der Waals surface area contributed by atoms with Crippen LogP contribution in [0, 0.1) is 6.92 Å². The Bertz CT molecular complexity index is 351. The molecule has 1 rings (SSSR count). The Kier molecular flexibility index (Phi) is 2.85. The first-order valence-electron chi connectivity index (χ1n) is 4.08. The van der Waals surface area contributed by atoms with E-state index in [0.717, 1.165) is 11.1 Å². The first-order valence-corrected chi connectivity index (χ1v) is 4.08. The van der Waals surface area contributed by atoms with Crippen LogP contribution in [0.2, 0.25) is 0 Å². The Hall–Kier alpha value is -1.57. The fourth-order valence-electron chi connectivity index (χ4n) is 1.04.